The highest BCUT2D eigenvalue weighted by Gasteiger charge is 2.17. The Kier molecular flexibility index (Phi) is 4.06. The Morgan fingerprint density at radius 1 is 1.41 bits per heavy atom. The lowest BCUT2D eigenvalue weighted by atomic mass is 10.1. The zero-order chi connectivity index (χ0) is 12.1. The van der Waals surface area contributed by atoms with Crippen LogP contribution in [0.25, 0.3) is 0 Å². The third-order valence-corrected chi connectivity index (χ3v) is 2.83. The van der Waals surface area contributed by atoms with Crippen molar-refractivity contribution in [2.24, 2.45) is 0 Å². The number of hydrogen-bond acceptors (Lipinski definition) is 5. The summed E-state index contributed by atoms with van der Waals surface area (Å²) in [5.41, 5.74) is 1.29. The molecule has 17 heavy (non-hydrogen) atoms. The molecule has 0 aliphatic carbocycles. The molecule has 0 bridgehead atoms. The first kappa shape index (κ1) is 12.0. The monoisotopic (exact) mass is 250 g/mol. The van der Waals surface area contributed by atoms with Gasteiger partial charge in [0.2, 0.25) is 0 Å². The largest absolute Gasteiger partial charge is 0.493 e. The molecule has 0 fully saturated rings. The summed E-state index contributed by atoms with van der Waals surface area (Å²) >= 11 is 1.09. The van der Waals surface area contributed by atoms with Crippen molar-refractivity contribution in [2.75, 3.05) is 6.61 Å². The molecule has 1 heterocycles. The lowest BCUT2D eigenvalue weighted by Crippen LogP contribution is -2.04. The van der Waals surface area contributed by atoms with Crippen LogP contribution in [0.3, 0.4) is 0 Å². The van der Waals surface area contributed by atoms with Crippen molar-refractivity contribution in [3.05, 3.63) is 41.7 Å². The van der Waals surface area contributed by atoms with Gasteiger partial charge in [0.05, 0.1) is 24.5 Å². The number of ether oxygens (including phenoxy) is 1. The van der Waals surface area contributed by atoms with E-state index in [9.17, 15) is 5.11 Å². The number of hydrogen-bond donors (Lipinski definition) is 1. The van der Waals surface area contributed by atoms with Gasteiger partial charge in [0, 0.05) is 5.56 Å². The molecule has 1 aromatic carbocycles. The number of rotatable bonds is 5. The Bertz CT molecular complexity index is 459. The Labute approximate surface area is 104 Å². The molecule has 4 nitrogen and oxygen atoms in total. The predicted molar refractivity (Wildman–Crippen MR) is 66.2 cm³/mol. The van der Waals surface area contributed by atoms with E-state index in [1.807, 2.05) is 31.2 Å². The van der Waals surface area contributed by atoms with E-state index in [2.05, 4.69) is 8.75 Å². The van der Waals surface area contributed by atoms with Crippen LogP contribution >= 0.6 is 11.7 Å². The predicted octanol–water partition coefficient (Wildman–Crippen LogP) is 2.41. The second-order valence-electron chi connectivity index (χ2n) is 3.62. The van der Waals surface area contributed by atoms with Crippen LogP contribution in [0.4, 0.5) is 0 Å². The number of nitrogens with zero attached hydrogens (tertiary/aromatic N) is 2. The molecule has 0 amide bonds. The molecule has 2 aromatic rings. The van der Waals surface area contributed by atoms with E-state index >= 15 is 0 Å². The minimum atomic E-state index is -0.776. The van der Waals surface area contributed by atoms with Crippen molar-refractivity contribution >= 4 is 11.7 Å². The van der Waals surface area contributed by atoms with E-state index in [0.29, 0.717) is 18.1 Å². The summed E-state index contributed by atoms with van der Waals surface area (Å²) in [7, 11) is 0. The van der Waals surface area contributed by atoms with E-state index in [1.165, 1.54) is 0 Å². The normalized spacial score (nSPS) is 12.4. The number of aliphatic hydroxyl groups excluding tert-OH is 1. The fraction of sp³-hybridized carbons (Fsp3) is 0.333. The summed E-state index contributed by atoms with van der Waals surface area (Å²) in [6.45, 7) is 2.68. The second-order valence-corrected chi connectivity index (χ2v) is 4.18. The van der Waals surface area contributed by atoms with Crippen LogP contribution in [-0.2, 0) is 0 Å². The first-order chi connectivity index (χ1) is 8.33. The number of benzene rings is 1. The lowest BCUT2D eigenvalue weighted by Gasteiger charge is -2.14. The Morgan fingerprint density at radius 2 is 2.24 bits per heavy atom. The minimum absolute atomic E-state index is 0.558. The zero-order valence-corrected chi connectivity index (χ0v) is 10.4. The molecule has 1 aromatic heterocycles. The van der Waals surface area contributed by atoms with Crippen molar-refractivity contribution in [2.45, 2.75) is 19.4 Å². The molecule has 0 aliphatic rings. The summed E-state index contributed by atoms with van der Waals surface area (Å²) in [6.07, 6.45) is 1.73. The van der Waals surface area contributed by atoms with Gasteiger partial charge in [-0.1, -0.05) is 25.1 Å². The van der Waals surface area contributed by atoms with Crippen molar-refractivity contribution in [3.63, 3.8) is 0 Å². The smallest absolute Gasteiger partial charge is 0.127 e. The quantitative estimate of drug-likeness (QED) is 0.885. The maximum Gasteiger partial charge on any atom is 0.127 e. The molecule has 0 aliphatic heterocycles. The van der Waals surface area contributed by atoms with Gasteiger partial charge >= 0.3 is 0 Å². The minimum Gasteiger partial charge on any atom is -0.493 e. The Hall–Kier alpha value is -1.46. The highest BCUT2D eigenvalue weighted by Crippen LogP contribution is 2.29. The molecule has 0 saturated heterocycles. The number of para-hydroxylation sites is 1. The molecular weight excluding hydrogens is 236 g/mol. The van der Waals surface area contributed by atoms with Crippen molar-refractivity contribution < 1.29 is 9.84 Å². The molecule has 90 valence electrons. The van der Waals surface area contributed by atoms with Gasteiger partial charge in [-0.15, -0.1) is 0 Å². The standard InChI is InChI=1S/C12H14N2O2S/c1-2-7-16-11-6-4-3-5-9(11)12(15)10-8-13-17-14-10/h3-6,8,12,15H,2,7H2,1H3. The Morgan fingerprint density at radius 3 is 2.94 bits per heavy atom. The van der Waals surface area contributed by atoms with E-state index in [1.54, 1.807) is 6.20 Å². The summed E-state index contributed by atoms with van der Waals surface area (Å²) < 4.78 is 13.5. The molecule has 1 unspecified atom stereocenters. The van der Waals surface area contributed by atoms with Gasteiger partial charge in [0.1, 0.15) is 17.5 Å². The molecule has 0 saturated carbocycles. The second kappa shape index (κ2) is 5.75. The highest BCUT2D eigenvalue weighted by molar-refractivity contribution is 6.99. The van der Waals surface area contributed by atoms with Crippen molar-refractivity contribution in [1.29, 1.82) is 0 Å². The molecular formula is C12H14N2O2S. The fourth-order valence-corrected chi connectivity index (χ4v) is 1.95. The maximum absolute atomic E-state index is 10.2. The van der Waals surface area contributed by atoms with Gasteiger partial charge in [-0.25, -0.2) is 0 Å². The average molecular weight is 250 g/mol. The van der Waals surface area contributed by atoms with Crippen LogP contribution in [-0.4, -0.2) is 20.5 Å². The van der Waals surface area contributed by atoms with E-state index in [4.69, 9.17) is 4.74 Å². The van der Waals surface area contributed by atoms with Crippen molar-refractivity contribution in [1.82, 2.24) is 8.75 Å². The average Bonchev–Trinajstić information content (AvgIpc) is 2.89. The Balaban J connectivity index is 2.25. The van der Waals surface area contributed by atoms with Gasteiger partial charge in [-0.05, 0) is 12.5 Å². The van der Waals surface area contributed by atoms with E-state index in [0.717, 1.165) is 23.7 Å². The third kappa shape index (κ3) is 2.81. The summed E-state index contributed by atoms with van der Waals surface area (Å²) in [6, 6.07) is 7.46. The van der Waals surface area contributed by atoms with Crippen LogP contribution in [0.5, 0.6) is 5.75 Å². The van der Waals surface area contributed by atoms with Gasteiger partial charge in [0.15, 0.2) is 0 Å². The lowest BCUT2D eigenvalue weighted by molar-refractivity contribution is 0.207. The first-order valence-corrected chi connectivity index (χ1v) is 6.23. The first-order valence-electron chi connectivity index (χ1n) is 5.50. The fourth-order valence-electron chi connectivity index (χ4n) is 1.50. The van der Waals surface area contributed by atoms with Crippen molar-refractivity contribution in [3.8, 4) is 5.75 Å². The van der Waals surface area contributed by atoms with Gasteiger partial charge < -0.3 is 9.84 Å². The molecule has 2 rings (SSSR count). The van der Waals surface area contributed by atoms with E-state index < -0.39 is 6.10 Å². The van der Waals surface area contributed by atoms with Crippen LogP contribution in [0.15, 0.2) is 30.5 Å². The van der Waals surface area contributed by atoms with Crippen LogP contribution < -0.4 is 4.74 Å². The third-order valence-electron chi connectivity index (χ3n) is 2.33. The van der Waals surface area contributed by atoms with Gasteiger partial charge in [-0.2, -0.15) is 8.75 Å². The molecule has 0 radical (unpaired) electrons. The molecule has 5 heteroatoms. The summed E-state index contributed by atoms with van der Waals surface area (Å²) in [5.74, 6) is 0.704. The maximum atomic E-state index is 10.2. The molecule has 1 atom stereocenters. The number of aromatic nitrogens is 2. The SMILES string of the molecule is CCCOc1ccccc1C(O)c1cnsn1. The molecule has 1 N–H and O–H groups in total. The number of aliphatic hydroxyl groups is 1. The summed E-state index contributed by atoms with van der Waals surface area (Å²) in [4.78, 5) is 0. The van der Waals surface area contributed by atoms with E-state index in [-0.39, 0.29) is 0 Å². The van der Waals surface area contributed by atoms with Gasteiger partial charge in [-0.3, -0.25) is 0 Å². The highest BCUT2D eigenvalue weighted by atomic mass is 32.1. The van der Waals surface area contributed by atoms with Gasteiger partial charge in [0.25, 0.3) is 0 Å². The van der Waals surface area contributed by atoms with Crippen LogP contribution in [0.1, 0.15) is 30.7 Å². The molecule has 0 spiro atoms. The summed E-state index contributed by atoms with van der Waals surface area (Å²) in [5, 5.41) is 10.2. The topological polar surface area (TPSA) is 55.2 Å². The van der Waals surface area contributed by atoms with Crippen LogP contribution in [0.2, 0.25) is 0 Å². The zero-order valence-electron chi connectivity index (χ0n) is 9.54. The van der Waals surface area contributed by atoms with Crippen LogP contribution in [0, 0.1) is 0 Å².